The molecule has 4 rings (SSSR count). The van der Waals surface area contributed by atoms with Crippen molar-refractivity contribution in [2.75, 3.05) is 25.6 Å². The minimum atomic E-state index is -1.66. The van der Waals surface area contributed by atoms with Crippen LogP contribution in [-0.4, -0.2) is 63.3 Å². The van der Waals surface area contributed by atoms with Crippen LogP contribution in [0.25, 0.3) is 10.4 Å². The predicted octanol–water partition coefficient (Wildman–Crippen LogP) is 3.10. The third-order valence-corrected chi connectivity index (χ3v) is 9.28. The molecule has 2 aromatic heterocycles. The molecule has 3 heterocycles. The molecule has 0 radical (unpaired) electrons. The first-order chi connectivity index (χ1) is 18.2. The lowest BCUT2D eigenvalue weighted by atomic mass is 9.84. The highest BCUT2D eigenvalue weighted by molar-refractivity contribution is 7.83. The van der Waals surface area contributed by atoms with Crippen molar-refractivity contribution in [3.05, 3.63) is 18.0 Å². The van der Waals surface area contributed by atoms with Crippen LogP contribution in [0.2, 0.25) is 0 Å². The van der Waals surface area contributed by atoms with Gasteiger partial charge in [-0.3, -0.25) is 9.59 Å². The third-order valence-electron chi connectivity index (χ3n) is 6.91. The van der Waals surface area contributed by atoms with Crippen molar-refractivity contribution in [2.24, 2.45) is 11.8 Å². The lowest BCUT2D eigenvalue weighted by molar-refractivity contribution is -0.151. The SMILES string of the molecule is COc1ncc(-c2sc(NC(=O)CC3CCOCC3)nc2C)cc1S(=O)NC1CCC(C(=O)C(=O)O)CC1. The fourth-order valence-corrected chi connectivity index (χ4v) is 6.96. The molecule has 3 N–H and O–H groups in total. The van der Waals surface area contributed by atoms with Gasteiger partial charge in [0.05, 0.1) is 17.7 Å². The van der Waals surface area contributed by atoms with E-state index < -0.39 is 28.7 Å². The molecule has 38 heavy (non-hydrogen) atoms. The number of methoxy groups -OCH3 is 1. The predicted molar refractivity (Wildman–Crippen MR) is 141 cm³/mol. The Balaban J connectivity index is 1.42. The molecule has 0 bridgehead atoms. The number of thiazole rings is 1. The highest BCUT2D eigenvalue weighted by Crippen LogP contribution is 2.35. The molecule has 1 atom stereocenters. The summed E-state index contributed by atoms with van der Waals surface area (Å²) in [5.74, 6) is -2.20. The highest BCUT2D eigenvalue weighted by atomic mass is 32.2. The lowest BCUT2D eigenvalue weighted by Crippen LogP contribution is -2.37. The second kappa shape index (κ2) is 12.9. The summed E-state index contributed by atoms with van der Waals surface area (Å²) >= 11 is 1.33. The minimum Gasteiger partial charge on any atom is -0.480 e. The van der Waals surface area contributed by atoms with E-state index in [1.165, 1.54) is 18.4 Å². The van der Waals surface area contributed by atoms with E-state index in [2.05, 4.69) is 20.0 Å². The van der Waals surface area contributed by atoms with Crippen LogP contribution in [-0.2, 0) is 30.1 Å². The van der Waals surface area contributed by atoms with E-state index >= 15 is 0 Å². The number of carbonyl (C=O) groups is 3. The summed E-state index contributed by atoms with van der Waals surface area (Å²) in [6.07, 6.45) is 5.74. The summed E-state index contributed by atoms with van der Waals surface area (Å²) in [6, 6.07) is 1.60. The van der Waals surface area contributed by atoms with Gasteiger partial charge in [-0.15, -0.1) is 0 Å². The Labute approximate surface area is 227 Å². The van der Waals surface area contributed by atoms with Crippen LogP contribution in [0.15, 0.2) is 17.2 Å². The van der Waals surface area contributed by atoms with Gasteiger partial charge < -0.3 is 19.9 Å². The minimum absolute atomic E-state index is 0.0733. The number of nitrogens with zero attached hydrogens (tertiary/aromatic N) is 2. The number of rotatable bonds is 10. The number of carbonyl (C=O) groups excluding carboxylic acids is 2. The van der Waals surface area contributed by atoms with Crippen molar-refractivity contribution in [3.8, 4) is 16.3 Å². The Bertz CT molecular complexity index is 1200. The number of anilines is 1. The first-order valence-corrected chi connectivity index (χ1v) is 14.6. The first kappa shape index (κ1) is 28.3. The van der Waals surface area contributed by atoms with Gasteiger partial charge in [-0.2, -0.15) is 0 Å². The van der Waals surface area contributed by atoms with Crippen molar-refractivity contribution in [2.45, 2.75) is 62.8 Å². The van der Waals surface area contributed by atoms with E-state index in [4.69, 9.17) is 14.6 Å². The van der Waals surface area contributed by atoms with Gasteiger partial charge in [-0.1, -0.05) is 11.3 Å². The summed E-state index contributed by atoms with van der Waals surface area (Å²) in [5.41, 5.74) is 1.42. The van der Waals surface area contributed by atoms with Crippen LogP contribution in [0.3, 0.4) is 0 Å². The molecule has 1 saturated heterocycles. The van der Waals surface area contributed by atoms with Crippen LogP contribution in [0.4, 0.5) is 5.13 Å². The summed E-state index contributed by atoms with van der Waals surface area (Å²) in [7, 11) is -0.201. The second-order valence-corrected chi connectivity index (χ2v) is 11.8. The molecule has 1 aliphatic carbocycles. The zero-order valence-corrected chi connectivity index (χ0v) is 23.0. The van der Waals surface area contributed by atoms with Crippen LogP contribution in [0.5, 0.6) is 5.88 Å². The smallest absolute Gasteiger partial charge is 0.372 e. The quantitative estimate of drug-likeness (QED) is 0.369. The molecule has 13 heteroatoms. The van der Waals surface area contributed by atoms with E-state index in [1.807, 2.05) is 6.92 Å². The van der Waals surface area contributed by atoms with E-state index in [0.717, 1.165) is 23.4 Å². The Morgan fingerprint density at radius 1 is 1.18 bits per heavy atom. The average Bonchev–Trinajstić information content (AvgIpc) is 3.28. The topological polar surface area (TPSA) is 157 Å². The molecule has 1 saturated carbocycles. The van der Waals surface area contributed by atoms with Crippen molar-refractivity contribution < 1.29 is 33.2 Å². The Morgan fingerprint density at radius 3 is 2.55 bits per heavy atom. The second-order valence-electron chi connectivity index (χ2n) is 9.58. The van der Waals surface area contributed by atoms with Crippen molar-refractivity contribution in [1.82, 2.24) is 14.7 Å². The molecule has 1 amide bonds. The maximum atomic E-state index is 13.3. The van der Waals surface area contributed by atoms with Gasteiger partial charge in [0.2, 0.25) is 17.6 Å². The third kappa shape index (κ3) is 7.01. The van der Waals surface area contributed by atoms with Crippen molar-refractivity contribution in [3.63, 3.8) is 0 Å². The number of carboxylic acids is 1. The number of aryl methyl sites for hydroxylation is 1. The standard InChI is InChI=1S/C25H32N4O7S2/c1-14-22(37-25(27-14)28-20(30)11-15-7-9-36-10-8-15)17-12-19(23(35-2)26-13-17)38(34)29-18-5-3-16(4-6-18)21(31)24(32)33/h12-13,15-16,18,29H,3-11H2,1-2H3,(H,32,33)(H,27,28,30). The molecule has 11 nitrogen and oxygen atoms in total. The van der Waals surface area contributed by atoms with Crippen molar-refractivity contribution >= 4 is 45.1 Å². The number of amides is 1. The normalized spacial score (nSPS) is 21.0. The van der Waals surface area contributed by atoms with Gasteiger partial charge in [-0.25, -0.2) is 23.7 Å². The number of aliphatic carboxylic acids is 1. The number of aromatic nitrogens is 2. The van der Waals surface area contributed by atoms with Gasteiger partial charge >= 0.3 is 5.97 Å². The van der Waals surface area contributed by atoms with E-state index in [1.54, 1.807) is 12.3 Å². The zero-order chi connectivity index (χ0) is 27.2. The number of pyridine rings is 1. The maximum absolute atomic E-state index is 13.3. The molecule has 1 unspecified atom stereocenters. The number of hydrogen-bond acceptors (Lipinski definition) is 9. The number of Topliss-reactive ketones (excluding diaryl/α,β-unsaturated/α-hetero) is 1. The molecule has 2 fully saturated rings. The van der Waals surface area contributed by atoms with Crippen LogP contribution < -0.4 is 14.8 Å². The van der Waals surface area contributed by atoms with Crippen LogP contribution >= 0.6 is 11.3 Å². The average molecular weight is 565 g/mol. The number of nitrogens with one attached hydrogen (secondary N) is 2. The molecule has 206 valence electrons. The summed E-state index contributed by atoms with van der Waals surface area (Å²) in [6.45, 7) is 3.22. The summed E-state index contributed by atoms with van der Waals surface area (Å²) in [4.78, 5) is 45.3. The Morgan fingerprint density at radius 2 is 1.89 bits per heavy atom. The number of ether oxygens (including phenoxy) is 2. The van der Waals surface area contributed by atoms with Crippen LogP contribution in [0.1, 0.15) is 50.6 Å². The molecule has 2 aliphatic rings. The molecule has 2 aromatic rings. The van der Waals surface area contributed by atoms with E-state index in [9.17, 15) is 18.6 Å². The highest BCUT2D eigenvalue weighted by Gasteiger charge is 2.31. The van der Waals surface area contributed by atoms with Gasteiger partial charge in [0.1, 0.15) is 15.9 Å². The summed E-state index contributed by atoms with van der Waals surface area (Å²) in [5, 5.41) is 12.3. The fraction of sp³-hybridized carbons (Fsp3) is 0.560. The van der Waals surface area contributed by atoms with E-state index in [-0.39, 0.29) is 17.8 Å². The van der Waals surface area contributed by atoms with Gasteiger partial charge in [0, 0.05) is 43.4 Å². The molecule has 0 aromatic carbocycles. The largest absolute Gasteiger partial charge is 0.480 e. The van der Waals surface area contributed by atoms with E-state index in [0.29, 0.717) is 66.8 Å². The van der Waals surface area contributed by atoms with Crippen molar-refractivity contribution in [1.29, 1.82) is 0 Å². The Kier molecular flexibility index (Phi) is 9.58. The zero-order valence-electron chi connectivity index (χ0n) is 21.4. The Hall–Kier alpha value is -2.74. The molecular formula is C25H32N4O7S2. The first-order valence-electron chi connectivity index (χ1n) is 12.6. The van der Waals surface area contributed by atoms with Gasteiger partial charge in [-0.05, 0) is 57.4 Å². The molecular weight excluding hydrogens is 532 g/mol. The monoisotopic (exact) mass is 564 g/mol. The molecule has 1 aliphatic heterocycles. The molecule has 0 spiro atoms. The fourth-order valence-electron chi connectivity index (χ4n) is 4.81. The summed E-state index contributed by atoms with van der Waals surface area (Å²) < 4.78 is 27.1. The maximum Gasteiger partial charge on any atom is 0.372 e. The van der Waals surface area contributed by atoms with Gasteiger partial charge in [0.15, 0.2) is 5.13 Å². The van der Waals surface area contributed by atoms with Gasteiger partial charge in [0.25, 0.3) is 0 Å². The van der Waals surface area contributed by atoms with Crippen LogP contribution in [0, 0.1) is 18.8 Å². The number of carboxylic acid groups (broad SMARTS) is 1. The number of hydrogen-bond donors (Lipinski definition) is 3. The lowest BCUT2D eigenvalue weighted by Gasteiger charge is -2.27. The number of ketones is 1.